The maximum atomic E-state index is 14.8. The highest BCUT2D eigenvalue weighted by Gasteiger charge is 2.43. The molecule has 1 fully saturated rings. The van der Waals surface area contributed by atoms with Crippen LogP contribution in [0.5, 0.6) is 0 Å². The van der Waals surface area contributed by atoms with E-state index in [1.165, 1.54) is 24.3 Å². The Kier molecular flexibility index (Phi) is 6.37. The minimum absolute atomic E-state index is 0.144. The average molecular weight is 443 g/mol. The summed E-state index contributed by atoms with van der Waals surface area (Å²) in [6.07, 6.45) is -1.16. The van der Waals surface area contributed by atoms with Gasteiger partial charge in [0.05, 0.1) is 12.3 Å². The molecule has 1 saturated heterocycles. The number of hydrogen-bond donors (Lipinski definition) is 1. The van der Waals surface area contributed by atoms with Crippen LogP contribution >= 0.6 is 0 Å². The SMILES string of the molecule is CS(=O)(=O)O[C@H](C1CCCN1C(=O)O)[C@@H](c1ccc(F)cc1)c1cccc(F)c1F. The van der Waals surface area contributed by atoms with E-state index in [0.29, 0.717) is 6.42 Å². The highest BCUT2D eigenvalue weighted by atomic mass is 32.2. The molecule has 10 heteroatoms. The average Bonchev–Trinajstić information content (AvgIpc) is 3.15. The number of carboxylic acid groups (broad SMARTS) is 1. The van der Waals surface area contributed by atoms with Crippen molar-refractivity contribution in [2.24, 2.45) is 0 Å². The lowest BCUT2D eigenvalue weighted by Crippen LogP contribution is -2.47. The summed E-state index contributed by atoms with van der Waals surface area (Å²) in [6.45, 7) is 0.144. The van der Waals surface area contributed by atoms with Crippen molar-refractivity contribution in [1.82, 2.24) is 4.90 Å². The quantitative estimate of drug-likeness (QED) is 0.688. The Morgan fingerprint density at radius 1 is 1.17 bits per heavy atom. The Morgan fingerprint density at radius 2 is 1.83 bits per heavy atom. The lowest BCUT2D eigenvalue weighted by atomic mass is 9.82. The van der Waals surface area contributed by atoms with E-state index in [1.807, 2.05) is 0 Å². The van der Waals surface area contributed by atoms with Crippen LogP contribution in [0.4, 0.5) is 18.0 Å². The van der Waals surface area contributed by atoms with Gasteiger partial charge in [0.15, 0.2) is 11.6 Å². The van der Waals surface area contributed by atoms with Gasteiger partial charge in [-0.2, -0.15) is 8.42 Å². The number of nitrogens with zero attached hydrogens (tertiary/aromatic N) is 1. The molecule has 1 aliphatic rings. The van der Waals surface area contributed by atoms with E-state index >= 15 is 0 Å². The second kappa shape index (κ2) is 8.65. The first-order valence-corrected chi connectivity index (χ1v) is 11.0. The van der Waals surface area contributed by atoms with Gasteiger partial charge < -0.3 is 10.0 Å². The number of rotatable bonds is 6. The number of carbonyl (C=O) groups is 1. The molecule has 2 aromatic carbocycles. The summed E-state index contributed by atoms with van der Waals surface area (Å²) in [7, 11) is -4.11. The van der Waals surface area contributed by atoms with E-state index < -0.39 is 51.7 Å². The van der Waals surface area contributed by atoms with Gasteiger partial charge >= 0.3 is 6.09 Å². The summed E-state index contributed by atoms with van der Waals surface area (Å²) < 4.78 is 71.6. The second-order valence-corrected chi connectivity index (χ2v) is 8.72. The first-order chi connectivity index (χ1) is 14.1. The summed E-state index contributed by atoms with van der Waals surface area (Å²) in [5, 5.41) is 9.53. The van der Waals surface area contributed by atoms with E-state index in [1.54, 1.807) is 0 Å². The van der Waals surface area contributed by atoms with Crippen LogP contribution in [0, 0.1) is 17.5 Å². The van der Waals surface area contributed by atoms with Crippen molar-refractivity contribution in [3.8, 4) is 0 Å². The third-order valence-corrected chi connectivity index (χ3v) is 5.66. The molecule has 1 heterocycles. The third-order valence-electron chi connectivity index (χ3n) is 5.08. The summed E-state index contributed by atoms with van der Waals surface area (Å²) in [6, 6.07) is 7.31. The fraction of sp³-hybridized carbons (Fsp3) is 0.350. The molecule has 3 rings (SSSR count). The zero-order valence-electron chi connectivity index (χ0n) is 16.0. The van der Waals surface area contributed by atoms with Gasteiger partial charge in [0.2, 0.25) is 0 Å². The van der Waals surface area contributed by atoms with Gasteiger partial charge in [0.1, 0.15) is 11.9 Å². The van der Waals surface area contributed by atoms with Crippen molar-refractivity contribution < 1.29 is 35.7 Å². The van der Waals surface area contributed by atoms with Gasteiger partial charge in [-0.1, -0.05) is 24.3 Å². The van der Waals surface area contributed by atoms with Crippen LogP contribution in [0.1, 0.15) is 29.9 Å². The van der Waals surface area contributed by atoms with Gasteiger partial charge in [-0.25, -0.2) is 18.0 Å². The lowest BCUT2D eigenvalue weighted by Gasteiger charge is -2.35. The summed E-state index contributed by atoms with van der Waals surface area (Å²) in [5.74, 6) is -4.15. The number of likely N-dealkylation sites (tertiary alicyclic amines) is 1. The van der Waals surface area contributed by atoms with Crippen LogP contribution in [-0.2, 0) is 14.3 Å². The number of amides is 1. The molecule has 0 aliphatic carbocycles. The Labute approximate surface area is 172 Å². The molecular formula is C20H20F3NO5S. The monoisotopic (exact) mass is 443 g/mol. The normalized spacial score (nSPS) is 18.9. The van der Waals surface area contributed by atoms with Crippen molar-refractivity contribution in [2.75, 3.05) is 12.8 Å². The van der Waals surface area contributed by atoms with Crippen LogP contribution in [0.25, 0.3) is 0 Å². The molecule has 162 valence electrons. The minimum Gasteiger partial charge on any atom is -0.465 e. The molecule has 1 unspecified atom stereocenters. The molecule has 0 bridgehead atoms. The predicted molar refractivity (Wildman–Crippen MR) is 102 cm³/mol. The largest absolute Gasteiger partial charge is 0.465 e. The van der Waals surface area contributed by atoms with E-state index in [0.717, 1.165) is 29.4 Å². The zero-order valence-corrected chi connectivity index (χ0v) is 16.8. The molecule has 0 radical (unpaired) electrons. The number of benzene rings is 2. The highest BCUT2D eigenvalue weighted by Crippen LogP contribution is 2.38. The number of hydrogen-bond acceptors (Lipinski definition) is 4. The Morgan fingerprint density at radius 3 is 2.43 bits per heavy atom. The zero-order chi connectivity index (χ0) is 22.1. The first-order valence-electron chi connectivity index (χ1n) is 9.15. The lowest BCUT2D eigenvalue weighted by molar-refractivity contribution is 0.0771. The van der Waals surface area contributed by atoms with Crippen molar-refractivity contribution in [1.29, 1.82) is 0 Å². The topological polar surface area (TPSA) is 83.9 Å². The van der Waals surface area contributed by atoms with Gasteiger partial charge in [0.25, 0.3) is 10.1 Å². The maximum Gasteiger partial charge on any atom is 0.407 e. The van der Waals surface area contributed by atoms with Crippen LogP contribution in [0.15, 0.2) is 42.5 Å². The highest BCUT2D eigenvalue weighted by molar-refractivity contribution is 7.86. The molecular weight excluding hydrogens is 423 g/mol. The molecule has 1 amide bonds. The molecule has 1 N–H and O–H groups in total. The maximum absolute atomic E-state index is 14.8. The van der Waals surface area contributed by atoms with Gasteiger partial charge in [-0.15, -0.1) is 0 Å². The Bertz CT molecular complexity index is 1030. The minimum atomic E-state index is -4.11. The molecule has 0 saturated carbocycles. The van der Waals surface area contributed by atoms with E-state index in [2.05, 4.69) is 0 Å². The van der Waals surface area contributed by atoms with Crippen molar-refractivity contribution >= 4 is 16.2 Å². The predicted octanol–water partition coefficient (Wildman–Crippen LogP) is 3.72. The van der Waals surface area contributed by atoms with Crippen LogP contribution < -0.4 is 0 Å². The van der Waals surface area contributed by atoms with Gasteiger partial charge in [0, 0.05) is 18.0 Å². The van der Waals surface area contributed by atoms with Crippen LogP contribution in [0.2, 0.25) is 0 Å². The molecule has 30 heavy (non-hydrogen) atoms. The molecule has 0 aromatic heterocycles. The fourth-order valence-corrected chi connectivity index (χ4v) is 4.54. The van der Waals surface area contributed by atoms with E-state index in [-0.39, 0.29) is 24.1 Å². The van der Waals surface area contributed by atoms with Crippen molar-refractivity contribution in [3.63, 3.8) is 0 Å². The summed E-state index contributed by atoms with van der Waals surface area (Å²) >= 11 is 0. The number of halogens is 3. The molecule has 3 atom stereocenters. The van der Waals surface area contributed by atoms with Gasteiger partial charge in [-0.3, -0.25) is 4.18 Å². The summed E-state index contributed by atoms with van der Waals surface area (Å²) in [4.78, 5) is 12.7. The standard InChI is InChI=1S/C20H20F3NO5S/c1-30(27,28)29-19(16-6-3-11-24(16)20(25)26)17(12-7-9-13(21)10-8-12)14-4-2-5-15(22)18(14)23/h2,4-5,7-10,16-17,19H,3,6,11H2,1H3,(H,25,26)/t16?,17-,19+/m0/s1. The Balaban J connectivity index is 2.21. The van der Waals surface area contributed by atoms with Crippen molar-refractivity contribution in [2.45, 2.75) is 30.9 Å². The molecule has 1 aliphatic heterocycles. The first kappa shape index (κ1) is 22.1. The fourth-order valence-electron chi connectivity index (χ4n) is 3.89. The van der Waals surface area contributed by atoms with E-state index in [9.17, 15) is 31.5 Å². The summed E-state index contributed by atoms with van der Waals surface area (Å²) in [5.41, 5.74) is 0.0410. The molecule has 0 spiro atoms. The second-order valence-electron chi connectivity index (χ2n) is 7.12. The molecule has 6 nitrogen and oxygen atoms in total. The smallest absolute Gasteiger partial charge is 0.407 e. The third kappa shape index (κ3) is 4.76. The van der Waals surface area contributed by atoms with Crippen LogP contribution in [0.3, 0.4) is 0 Å². The van der Waals surface area contributed by atoms with Gasteiger partial charge in [-0.05, 0) is 36.6 Å². The van der Waals surface area contributed by atoms with Crippen molar-refractivity contribution in [3.05, 3.63) is 71.0 Å². The van der Waals surface area contributed by atoms with Crippen LogP contribution in [-0.4, -0.2) is 49.5 Å². The Hall–Kier alpha value is -2.59. The molecule has 2 aromatic rings. The van der Waals surface area contributed by atoms with E-state index in [4.69, 9.17) is 4.18 Å².